The molecule has 0 atom stereocenters. The molecular weight excluding hydrogens is 264 g/mol. The van der Waals surface area contributed by atoms with Gasteiger partial charge in [0, 0.05) is 18.4 Å². The zero-order chi connectivity index (χ0) is 14.9. The number of hydrogen-bond donors (Lipinski definition) is 1. The average molecular weight is 286 g/mol. The van der Waals surface area contributed by atoms with E-state index in [0.717, 1.165) is 55.2 Å². The van der Waals surface area contributed by atoms with E-state index in [9.17, 15) is 9.90 Å². The number of carboxylic acids is 1. The minimum Gasteiger partial charge on any atom is -0.481 e. The molecule has 1 aliphatic carbocycles. The standard InChI is InChI=1S/C17H22N2O2/c1-2-19-15-9-5-4-8-13(15)14(18-19)12-17(16(20)21)10-6-3-7-11-17/h4-5,8-9H,2-3,6-7,10-12H2,1H3,(H,20,21). The maximum Gasteiger partial charge on any atom is 0.310 e. The number of carbonyl (C=O) groups is 1. The van der Waals surface area contributed by atoms with E-state index in [0.29, 0.717) is 6.42 Å². The Kier molecular flexibility index (Phi) is 3.70. The smallest absolute Gasteiger partial charge is 0.310 e. The van der Waals surface area contributed by atoms with Crippen molar-refractivity contribution >= 4 is 16.9 Å². The van der Waals surface area contributed by atoms with Crippen molar-refractivity contribution in [3.63, 3.8) is 0 Å². The zero-order valence-corrected chi connectivity index (χ0v) is 12.5. The fourth-order valence-electron chi connectivity index (χ4n) is 3.58. The van der Waals surface area contributed by atoms with Gasteiger partial charge >= 0.3 is 5.97 Å². The van der Waals surface area contributed by atoms with Crippen molar-refractivity contribution in [1.29, 1.82) is 0 Å². The molecule has 0 amide bonds. The van der Waals surface area contributed by atoms with E-state index in [1.807, 2.05) is 16.8 Å². The molecule has 0 bridgehead atoms. The first-order chi connectivity index (χ1) is 10.2. The lowest BCUT2D eigenvalue weighted by atomic mass is 9.71. The summed E-state index contributed by atoms with van der Waals surface area (Å²) in [6, 6.07) is 8.13. The zero-order valence-electron chi connectivity index (χ0n) is 12.5. The summed E-state index contributed by atoms with van der Waals surface area (Å²) >= 11 is 0. The van der Waals surface area contributed by atoms with Gasteiger partial charge in [-0.2, -0.15) is 5.10 Å². The summed E-state index contributed by atoms with van der Waals surface area (Å²) in [6.45, 7) is 2.87. The van der Waals surface area contributed by atoms with Gasteiger partial charge in [0.05, 0.1) is 16.6 Å². The number of hydrogen-bond acceptors (Lipinski definition) is 2. The van der Waals surface area contributed by atoms with E-state index in [2.05, 4.69) is 24.2 Å². The van der Waals surface area contributed by atoms with Crippen LogP contribution in [-0.4, -0.2) is 20.9 Å². The molecule has 4 nitrogen and oxygen atoms in total. The van der Waals surface area contributed by atoms with Crippen LogP contribution < -0.4 is 0 Å². The molecule has 1 fully saturated rings. The van der Waals surface area contributed by atoms with Crippen LogP contribution in [0.25, 0.3) is 10.9 Å². The maximum absolute atomic E-state index is 11.9. The molecule has 1 aromatic heterocycles. The molecular formula is C17H22N2O2. The number of fused-ring (bicyclic) bond motifs is 1. The predicted octanol–water partition coefficient (Wildman–Crippen LogP) is 3.63. The van der Waals surface area contributed by atoms with Gasteiger partial charge in [0.2, 0.25) is 0 Å². The van der Waals surface area contributed by atoms with Crippen LogP contribution in [-0.2, 0) is 17.8 Å². The highest BCUT2D eigenvalue weighted by Gasteiger charge is 2.40. The number of nitrogens with zero attached hydrogens (tertiary/aromatic N) is 2. The van der Waals surface area contributed by atoms with E-state index in [-0.39, 0.29) is 0 Å². The van der Waals surface area contributed by atoms with E-state index in [1.165, 1.54) is 0 Å². The molecule has 0 radical (unpaired) electrons. The summed E-state index contributed by atoms with van der Waals surface area (Å²) in [7, 11) is 0. The van der Waals surface area contributed by atoms with E-state index in [1.54, 1.807) is 0 Å². The number of aryl methyl sites for hydroxylation is 1. The van der Waals surface area contributed by atoms with Gasteiger partial charge < -0.3 is 5.11 Å². The topological polar surface area (TPSA) is 55.1 Å². The lowest BCUT2D eigenvalue weighted by Gasteiger charge is -2.32. The van der Waals surface area contributed by atoms with Gasteiger partial charge in [-0.15, -0.1) is 0 Å². The lowest BCUT2D eigenvalue weighted by Crippen LogP contribution is -2.35. The highest BCUT2D eigenvalue weighted by Crippen LogP contribution is 2.40. The van der Waals surface area contributed by atoms with Crippen LogP contribution >= 0.6 is 0 Å². The fraction of sp³-hybridized carbons (Fsp3) is 0.529. The highest BCUT2D eigenvalue weighted by molar-refractivity contribution is 5.83. The van der Waals surface area contributed by atoms with Gasteiger partial charge in [0.15, 0.2) is 0 Å². The van der Waals surface area contributed by atoms with Crippen molar-refractivity contribution in [2.24, 2.45) is 5.41 Å². The Morgan fingerprint density at radius 2 is 2.00 bits per heavy atom. The normalized spacial score (nSPS) is 18.0. The first-order valence-electron chi connectivity index (χ1n) is 7.84. The van der Waals surface area contributed by atoms with Crippen LogP contribution in [0.15, 0.2) is 24.3 Å². The van der Waals surface area contributed by atoms with Crippen LogP contribution in [0.4, 0.5) is 0 Å². The molecule has 0 aliphatic heterocycles. The number of aliphatic carboxylic acids is 1. The number of benzene rings is 1. The van der Waals surface area contributed by atoms with Gasteiger partial charge in [0.1, 0.15) is 0 Å². The van der Waals surface area contributed by atoms with Crippen LogP contribution in [0.1, 0.15) is 44.7 Å². The van der Waals surface area contributed by atoms with Crippen molar-refractivity contribution in [1.82, 2.24) is 9.78 Å². The second kappa shape index (κ2) is 5.51. The summed E-state index contributed by atoms with van der Waals surface area (Å²) in [5.74, 6) is -0.655. The minimum atomic E-state index is -0.655. The minimum absolute atomic E-state index is 0.551. The van der Waals surface area contributed by atoms with Crippen LogP contribution in [0.3, 0.4) is 0 Å². The molecule has 0 saturated heterocycles. The number of aromatic nitrogens is 2. The molecule has 1 heterocycles. The van der Waals surface area contributed by atoms with E-state index in [4.69, 9.17) is 0 Å². The quantitative estimate of drug-likeness (QED) is 0.933. The van der Waals surface area contributed by atoms with Crippen molar-refractivity contribution in [3.05, 3.63) is 30.0 Å². The molecule has 1 aliphatic rings. The molecule has 1 aromatic carbocycles. The lowest BCUT2D eigenvalue weighted by molar-refractivity contribution is -0.151. The first-order valence-corrected chi connectivity index (χ1v) is 7.84. The Labute approximate surface area is 124 Å². The van der Waals surface area contributed by atoms with E-state index >= 15 is 0 Å². The van der Waals surface area contributed by atoms with Gasteiger partial charge in [-0.25, -0.2) is 0 Å². The third kappa shape index (κ3) is 2.43. The van der Waals surface area contributed by atoms with Crippen LogP contribution in [0.5, 0.6) is 0 Å². The molecule has 0 unspecified atom stereocenters. The second-order valence-corrected chi connectivity index (χ2v) is 6.10. The van der Waals surface area contributed by atoms with Gasteiger partial charge in [-0.1, -0.05) is 37.5 Å². The highest BCUT2D eigenvalue weighted by atomic mass is 16.4. The number of para-hydroxylation sites is 1. The van der Waals surface area contributed by atoms with Gasteiger partial charge in [-0.05, 0) is 25.8 Å². The van der Waals surface area contributed by atoms with Gasteiger partial charge in [-0.3, -0.25) is 9.48 Å². The largest absolute Gasteiger partial charge is 0.481 e. The second-order valence-electron chi connectivity index (χ2n) is 6.10. The summed E-state index contributed by atoms with van der Waals surface area (Å²) in [4.78, 5) is 11.9. The van der Waals surface area contributed by atoms with E-state index < -0.39 is 11.4 Å². The third-order valence-corrected chi connectivity index (χ3v) is 4.80. The Bertz CT molecular complexity index is 654. The van der Waals surface area contributed by atoms with Crippen LogP contribution in [0, 0.1) is 5.41 Å². The molecule has 3 rings (SSSR count). The van der Waals surface area contributed by atoms with Crippen LogP contribution in [0.2, 0.25) is 0 Å². The first kappa shape index (κ1) is 14.1. The predicted molar refractivity (Wildman–Crippen MR) is 82.3 cm³/mol. The molecule has 1 N–H and O–H groups in total. The Hall–Kier alpha value is -1.84. The Morgan fingerprint density at radius 3 is 2.67 bits per heavy atom. The number of rotatable bonds is 4. The van der Waals surface area contributed by atoms with Crippen molar-refractivity contribution < 1.29 is 9.90 Å². The molecule has 21 heavy (non-hydrogen) atoms. The third-order valence-electron chi connectivity index (χ3n) is 4.80. The van der Waals surface area contributed by atoms with Crippen molar-refractivity contribution in [2.45, 2.75) is 52.0 Å². The van der Waals surface area contributed by atoms with Crippen molar-refractivity contribution in [3.8, 4) is 0 Å². The fourth-order valence-corrected chi connectivity index (χ4v) is 3.58. The monoisotopic (exact) mass is 286 g/mol. The Morgan fingerprint density at radius 1 is 1.29 bits per heavy atom. The summed E-state index contributed by atoms with van der Waals surface area (Å²) in [6.07, 6.45) is 5.28. The molecule has 4 heteroatoms. The summed E-state index contributed by atoms with van der Waals surface area (Å²) in [5, 5.41) is 15.5. The molecule has 2 aromatic rings. The summed E-state index contributed by atoms with van der Waals surface area (Å²) < 4.78 is 1.98. The molecule has 112 valence electrons. The average Bonchev–Trinajstić information content (AvgIpc) is 2.86. The number of carboxylic acid groups (broad SMARTS) is 1. The Balaban J connectivity index is 2.02. The maximum atomic E-state index is 11.9. The van der Waals surface area contributed by atoms with Gasteiger partial charge in [0.25, 0.3) is 0 Å². The summed E-state index contributed by atoms with van der Waals surface area (Å²) in [5.41, 5.74) is 1.43. The van der Waals surface area contributed by atoms with Crippen molar-refractivity contribution in [2.75, 3.05) is 0 Å². The SMILES string of the molecule is CCn1nc(CC2(C(=O)O)CCCCC2)c2ccccc21. The molecule has 1 saturated carbocycles. The molecule has 0 spiro atoms.